The van der Waals surface area contributed by atoms with Crippen molar-refractivity contribution in [1.82, 2.24) is 10.3 Å². The molecule has 0 N–H and O–H groups in total. The van der Waals surface area contributed by atoms with Gasteiger partial charge in [-0.2, -0.15) is 0 Å². The zero-order chi connectivity index (χ0) is 43.5. The van der Waals surface area contributed by atoms with Gasteiger partial charge in [0.1, 0.15) is 40.2 Å². The van der Waals surface area contributed by atoms with Crippen LogP contribution in [0.25, 0.3) is 22.5 Å². The van der Waals surface area contributed by atoms with Crippen LogP contribution in [0.1, 0.15) is 112 Å². The highest BCUT2D eigenvalue weighted by Crippen LogP contribution is 2.55. The first kappa shape index (κ1) is 42.5. The second-order valence-electron chi connectivity index (χ2n) is 18.0. The highest BCUT2D eigenvalue weighted by atomic mass is 19.4. The number of benzene rings is 2. The molecule has 63 heavy (non-hydrogen) atoms. The lowest BCUT2D eigenvalue weighted by molar-refractivity contribution is -0.275. The Morgan fingerprint density at radius 1 is 0.571 bits per heavy atom. The molecule has 4 bridgehead atoms. The molecule has 17 heteroatoms. The molecule has 3 heterocycles. The molecule has 11 rings (SSSR count). The fourth-order valence-corrected chi connectivity index (χ4v) is 10.7. The van der Waals surface area contributed by atoms with Crippen LogP contribution in [0.4, 0.5) is 26.3 Å². The number of hydrogen-bond donors (Lipinski definition) is 0. The fraction of sp³-hybridized carbons (Fsp3) is 0.587. The van der Waals surface area contributed by atoms with Crippen LogP contribution < -0.4 is 9.47 Å². The summed E-state index contributed by atoms with van der Waals surface area (Å²) < 4.78 is 122. The molecule has 6 saturated carbocycles. The molecular formula is C46H48F6N2O9. The highest BCUT2D eigenvalue weighted by molar-refractivity contribution is 5.86. The molecule has 2 aromatic carbocycles. The summed E-state index contributed by atoms with van der Waals surface area (Å²) in [7, 11) is 0. The Morgan fingerprint density at radius 3 is 1.41 bits per heavy atom. The van der Waals surface area contributed by atoms with Gasteiger partial charge in [-0.25, -0.2) is 0 Å². The Morgan fingerprint density at radius 2 is 0.984 bits per heavy atom. The summed E-state index contributed by atoms with van der Waals surface area (Å²) in [6.07, 6.45) is 1.41. The molecule has 4 unspecified atom stereocenters. The van der Waals surface area contributed by atoms with E-state index in [0.717, 1.165) is 69.8 Å². The molecule has 0 radical (unpaired) electrons. The van der Waals surface area contributed by atoms with Crippen molar-refractivity contribution >= 4 is 5.78 Å². The van der Waals surface area contributed by atoms with Crippen molar-refractivity contribution in [3.63, 3.8) is 0 Å². The maximum atomic E-state index is 13.0. The minimum Gasteiger partial charge on any atom is -0.405 e. The Balaban J connectivity index is 0.000000150. The maximum Gasteiger partial charge on any atom is 0.573 e. The summed E-state index contributed by atoms with van der Waals surface area (Å²) in [5, 5.41) is 8.26. The number of hydrogen-bond acceptors (Lipinski definition) is 11. The average Bonchev–Trinajstić information content (AvgIpc) is 4.11. The first-order valence-electron chi connectivity index (χ1n) is 22.0. The van der Waals surface area contributed by atoms with Crippen molar-refractivity contribution in [1.29, 1.82) is 0 Å². The third kappa shape index (κ3) is 8.99. The minimum absolute atomic E-state index is 0.0309. The number of aromatic nitrogens is 2. The second-order valence-corrected chi connectivity index (χ2v) is 18.0. The fourth-order valence-electron chi connectivity index (χ4n) is 10.7. The summed E-state index contributed by atoms with van der Waals surface area (Å²) in [4.78, 5) is 12.1. The third-order valence-corrected chi connectivity index (χ3v) is 13.8. The number of halogens is 6. The SMILES string of the molecule is FC(F)(F)Oc1ccccc1-c1noc(C2CC2)c1COC1CC2CCC(C1)C21OCCO1.O=C1C2CCC1CC(OCc1c(-c3ccccc3OC(F)(F)F)noc1C1CC1)C2. The molecule has 4 aromatic rings. The molecule has 338 valence electrons. The summed E-state index contributed by atoms with van der Waals surface area (Å²) in [6.45, 7) is 1.73. The molecule has 11 nitrogen and oxygen atoms in total. The van der Waals surface area contributed by atoms with Gasteiger partial charge in [-0.05, 0) is 101 Å². The van der Waals surface area contributed by atoms with Gasteiger partial charge in [0.05, 0.1) is 38.6 Å². The van der Waals surface area contributed by atoms with E-state index in [9.17, 15) is 31.1 Å². The van der Waals surface area contributed by atoms with Gasteiger partial charge >= 0.3 is 12.7 Å². The van der Waals surface area contributed by atoms with E-state index in [2.05, 4.69) is 19.8 Å². The van der Waals surface area contributed by atoms with Crippen molar-refractivity contribution < 1.29 is 68.6 Å². The number of ketones is 1. The van der Waals surface area contributed by atoms with Gasteiger partial charge in [0.15, 0.2) is 5.79 Å². The largest absolute Gasteiger partial charge is 0.573 e. The normalized spacial score (nSPS) is 27.4. The molecule has 1 spiro atoms. The van der Waals surface area contributed by atoms with Crippen molar-refractivity contribution in [2.45, 2.75) is 133 Å². The summed E-state index contributed by atoms with van der Waals surface area (Å²) in [5.41, 5.74) is 2.56. The quantitative estimate of drug-likeness (QED) is 0.126. The van der Waals surface area contributed by atoms with Gasteiger partial charge in [0, 0.05) is 57.8 Å². The van der Waals surface area contributed by atoms with Gasteiger partial charge < -0.3 is 37.5 Å². The number of ether oxygens (including phenoxy) is 6. The first-order valence-corrected chi connectivity index (χ1v) is 22.0. The van der Waals surface area contributed by atoms with E-state index in [0.29, 0.717) is 72.1 Å². The number of nitrogens with zero attached hydrogens (tertiary/aromatic N) is 2. The van der Waals surface area contributed by atoms with Crippen molar-refractivity contribution in [2.75, 3.05) is 13.2 Å². The van der Waals surface area contributed by atoms with Crippen molar-refractivity contribution in [2.24, 2.45) is 23.7 Å². The number of Topliss-reactive ketones (excluding diaryl/α,β-unsaturated/α-hetero) is 1. The number of rotatable bonds is 12. The molecule has 7 aliphatic rings. The number of carbonyl (C=O) groups excluding carboxylic acids is 1. The molecule has 7 fully saturated rings. The van der Waals surface area contributed by atoms with Gasteiger partial charge in [-0.3, -0.25) is 4.79 Å². The van der Waals surface area contributed by atoms with E-state index in [1.807, 2.05) is 0 Å². The Hall–Kier alpha value is -4.45. The topological polar surface area (TPSA) is 125 Å². The summed E-state index contributed by atoms with van der Waals surface area (Å²) in [6, 6.07) is 12.0. The van der Waals surface area contributed by atoms with E-state index >= 15 is 0 Å². The van der Waals surface area contributed by atoms with E-state index in [-0.39, 0.29) is 71.7 Å². The van der Waals surface area contributed by atoms with E-state index in [1.165, 1.54) is 24.3 Å². The summed E-state index contributed by atoms with van der Waals surface area (Å²) >= 11 is 0. The lowest BCUT2D eigenvalue weighted by Crippen LogP contribution is -2.47. The number of para-hydroxylation sites is 2. The predicted octanol–water partition coefficient (Wildman–Crippen LogP) is 11.0. The van der Waals surface area contributed by atoms with Crippen molar-refractivity contribution in [3.05, 3.63) is 71.2 Å². The molecule has 6 aliphatic carbocycles. The molecule has 4 atom stereocenters. The minimum atomic E-state index is -4.80. The zero-order valence-electron chi connectivity index (χ0n) is 34.4. The van der Waals surface area contributed by atoms with Crippen LogP contribution in [0.15, 0.2) is 57.6 Å². The zero-order valence-corrected chi connectivity index (χ0v) is 34.4. The number of alkyl halides is 6. The van der Waals surface area contributed by atoms with Crippen LogP contribution in [0.2, 0.25) is 0 Å². The molecule has 1 saturated heterocycles. The monoisotopic (exact) mass is 886 g/mol. The Labute approximate surface area is 359 Å². The van der Waals surface area contributed by atoms with Crippen LogP contribution in [0.5, 0.6) is 11.5 Å². The van der Waals surface area contributed by atoms with E-state index < -0.39 is 18.5 Å². The molecule has 2 aromatic heterocycles. The van der Waals surface area contributed by atoms with Gasteiger partial charge in [0.25, 0.3) is 0 Å². The van der Waals surface area contributed by atoms with E-state index in [1.54, 1.807) is 24.3 Å². The van der Waals surface area contributed by atoms with Gasteiger partial charge in [0.2, 0.25) is 0 Å². The molecule has 0 amide bonds. The van der Waals surface area contributed by atoms with Crippen LogP contribution in [0.3, 0.4) is 0 Å². The highest BCUT2D eigenvalue weighted by Gasteiger charge is 2.58. The number of fused-ring (bicyclic) bond motifs is 2. The van der Waals surface area contributed by atoms with Crippen LogP contribution in [0, 0.1) is 23.7 Å². The lowest BCUT2D eigenvalue weighted by Gasteiger charge is -2.41. The first-order chi connectivity index (χ1) is 30.3. The average molecular weight is 887 g/mol. The maximum absolute atomic E-state index is 13.0. The molecular weight excluding hydrogens is 838 g/mol. The van der Waals surface area contributed by atoms with Crippen LogP contribution >= 0.6 is 0 Å². The van der Waals surface area contributed by atoms with Crippen LogP contribution in [-0.4, -0.2) is 60.0 Å². The Kier molecular flexibility index (Phi) is 11.4. The third-order valence-electron chi connectivity index (χ3n) is 13.8. The summed E-state index contributed by atoms with van der Waals surface area (Å²) in [5.74, 6) is 1.97. The molecule has 1 aliphatic heterocycles. The van der Waals surface area contributed by atoms with Crippen LogP contribution in [-0.2, 0) is 37.0 Å². The van der Waals surface area contributed by atoms with E-state index in [4.69, 9.17) is 28.0 Å². The van der Waals surface area contributed by atoms with Crippen molar-refractivity contribution in [3.8, 4) is 34.0 Å². The van der Waals surface area contributed by atoms with Gasteiger partial charge in [-0.1, -0.05) is 34.6 Å². The second kappa shape index (κ2) is 16.8. The van der Waals surface area contributed by atoms with Gasteiger partial charge in [-0.15, -0.1) is 26.3 Å². The number of carbonyl (C=O) groups is 1. The standard InChI is InChI=1S/C24H26F3NO5.C22H22F3NO4/c25-24(26,27)32-20-4-2-1-3-18(20)21-19(22(33-28-21)14-5-6-14)13-29-17-11-15-7-8-16(12-17)23(15)30-9-10-31-23;23-22(24,25)29-18-4-2-1-3-16(18)19-17(21(30-26-19)12-5-6-12)11-28-15-9-13-7-8-14(10-15)20(13)27/h1-4,14-17H,5-13H2;1-4,12-15H,5-11H2. The lowest BCUT2D eigenvalue weighted by atomic mass is 9.81. The predicted molar refractivity (Wildman–Crippen MR) is 209 cm³/mol. The smallest absolute Gasteiger partial charge is 0.405 e. The Bertz CT molecular complexity index is 2250.